The topological polar surface area (TPSA) is 78.5 Å². The Morgan fingerprint density at radius 1 is 1.08 bits per heavy atom. The molecule has 120 valence electrons. The molecule has 0 unspecified atom stereocenters. The number of benzene rings is 2. The van der Waals surface area contributed by atoms with Gasteiger partial charge in [0.25, 0.3) is 0 Å². The van der Waals surface area contributed by atoms with Gasteiger partial charge in [-0.15, -0.1) is 0 Å². The maximum absolute atomic E-state index is 12.4. The third kappa shape index (κ3) is 3.05. The molecule has 0 fully saturated rings. The van der Waals surface area contributed by atoms with Crippen molar-refractivity contribution < 1.29 is 19.4 Å². The third-order valence-electron chi connectivity index (χ3n) is 3.60. The highest BCUT2D eigenvalue weighted by Crippen LogP contribution is 2.28. The maximum atomic E-state index is 12.4. The molecule has 0 saturated carbocycles. The van der Waals surface area contributed by atoms with Crippen molar-refractivity contribution in [2.75, 3.05) is 5.32 Å². The summed E-state index contributed by atoms with van der Waals surface area (Å²) >= 11 is 0. The molecule has 0 spiro atoms. The van der Waals surface area contributed by atoms with Gasteiger partial charge in [-0.3, -0.25) is 4.79 Å². The Balaban J connectivity index is 1.95. The number of carboxylic acid groups (broad SMARTS) is 1. The van der Waals surface area contributed by atoms with Gasteiger partial charge in [0.15, 0.2) is 5.76 Å². The zero-order chi connectivity index (χ0) is 17.1. The minimum atomic E-state index is -1.58. The first kappa shape index (κ1) is 15.6. The lowest BCUT2D eigenvalue weighted by Gasteiger charge is -2.09. The van der Waals surface area contributed by atoms with Crippen LogP contribution in [0.5, 0.6) is 0 Å². The minimum Gasteiger partial charge on any atom is -0.544 e. The average molecular weight is 320 g/mol. The van der Waals surface area contributed by atoms with E-state index in [1.807, 2.05) is 37.3 Å². The largest absolute Gasteiger partial charge is 0.544 e. The Morgan fingerprint density at radius 2 is 1.75 bits per heavy atom. The molecule has 0 saturated heterocycles. The first-order chi connectivity index (χ1) is 11.6. The summed E-state index contributed by atoms with van der Waals surface area (Å²) in [6.45, 7) is 1.89. The number of rotatable bonds is 4. The molecule has 0 aliphatic carbocycles. The molecule has 1 heterocycles. The summed E-state index contributed by atoms with van der Waals surface area (Å²) in [7, 11) is 0. The molecule has 1 aliphatic heterocycles. The summed E-state index contributed by atoms with van der Waals surface area (Å²) in [6.07, 6.45) is 1.53. The van der Waals surface area contributed by atoms with Gasteiger partial charge in [-0.1, -0.05) is 42.5 Å². The Hall–Kier alpha value is -3.34. The van der Waals surface area contributed by atoms with Crippen LogP contribution in [0.25, 0.3) is 6.08 Å². The molecule has 3 rings (SSSR count). The molecule has 0 radical (unpaired) electrons. The molecular weight excluding hydrogens is 306 g/mol. The number of Topliss-reactive ketones (excluding diaryl/α,β-unsaturated/α-hetero) is 1. The zero-order valence-electron chi connectivity index (χ0n) is 12.9. The van der Waals surface area contributed by atoms with Crippen molar-refractivity contribution in [3.8, 4) is 0 Å². The number of carboxylic acids is 1. The number of anilines is 1. The van der Waals surface area contributed by atoms with Gasteiger partial charge in [0.2, 0.25) is 11.7 Å². The smallest absolute Gasteiger partial charge is 0.235 e. The standard InChI is InChI=1S/C19H15NO4/c1-12-7-5-6-8-13(12)11-15-17(21)16(19(22)23)18(24-15)20-14-9-3-2-4-10-14/h2-11,20H,1H3,(H,22,23)/p-1/b15-11-. The molecule has 24 heavy (non-hydrogen) atoms. The van der Waals surface area contributed by atoms with Crippen molar-refractivity contribution in [2.45, 2.75) is 6.92 Å². The lowest BCUT2D eigenvalue weighted by Crippen LogP contribution is -2.28. The highest BCUT2D eigenvalue weighted by molar-refractivity contribution is 6.25. The van der Waals surface area contributed by atoms with Crippen molar-refractivity contribution >= 4 is 23.5 Å². The Labute approximate surface area is 138 Å². The van der Waals surface area contributed by atoms with Crippen molar-refractivity contribution in [1.82, 2.24) is 0 Å². The first-order valence-corrected chi connectivity index (χ1v) is 7.34. The third-order valence-corrected chi connectivity index (χ3v) is 3.60. The molecule has 0 atom stereocenters. The second-order valence-electron chi connectivity index (χ2n) is 5.28. The normalized spacial score (nSPS) is 15.5. The van der Waals surface area contributed by atoms with Crippen LogP contribution in [-0.4, -0.2) is 11.8 Å². The van der Waals surface area contributed by atoms with Gasteiger partial charge in [0.05, 0.1) is 5.97 Å². The van der Waals surface area contributed by atoms with Gasteiger partial charge in [0.1, 0.15) is 5.57 Å². The Morgan fingerprint density at radius 3 is 2.42 bits per heavy atom. The van der Waals surface area contributed by atoms with Crippen molar-refractivity contribution in [3.63, 3.8) is 0 Å². The summed E-state index contributed by atoms with van der Waals surface area (Å²) in [5, 5.41) is 14.1. The number of carbonyl (C=O) groups is 2. The molecule has 2 aromatic rings. The number of hydrogen-bond acceptors (Lipinski definition) is 5. The van der Waals surface area contributed by atoms with Crippen LogP contribution >= 0.6 is 0 Å². The summed E-state index contributed by atoms with van der Waals surface area (Å²) in [4.78, 5) is 23.7. The number of allylic oxidation sites excluding steroid dienone is 1. The van der Waals surface area contributed by atoms with Crippen LogP contribution in [-0.2, 0) is 14.3 Å². The van der Waals surface area contributed by atoms with Crippen LogP contribution in [0.3, 0.4) is 0 Å². The van der Waals surface area contributed by atoms with Crippen LogP contribution in [0.2, 0.25) is 0 Å². The van der Waals surface area contributed by atoms with E-state index in [1.165, 1.54) is 6.08 Å². The predicted molar refractivity (Wildman–Crippen MR) is 87.3 cm³/mol. The molecule has 5 nitrogen and oxygen atoms in total. The Kier molecular flexibility index (Phi) is 4.16. The fraction of sp³-hybridized carbons (Fsp3) is 0.0526. The van der Waals surface area contributed by atoms with Gasteiger partial charge in [-0.2, -0.15) is 0 Å². The molecule has 0 aromatic heterocycles. The van der Waals surface area contributed by atoms with Crippen LogP contribution in [0.4, 0.5) is 5.69 Å². The Bertz CT molecular complexity index is 866. The minimum absolute atomic E-state index is 0.0538. The second-order valence-corrected chi connectivity index (χ2v) is 5.28. The van der Waals surface area contributed by atoms with E-state index in [9.17, 15) is 14.7 Å². The molecule has 0 amide bonds. The van der Waals surface area contributed by atoms with E-state index in [4.69, 9.17) is 4.74 Å². The number of aryl methyl sites for hydroxylation is 1. The summed E-state index contributed by atoms with van der Waals surface area (Å²) < 4.78 is 5.47. The number of aliphatic carboxylic acids is 1. The quantitative estimate of drug-likeness (QED) is 0.689. The zero-order valence-corrected chi connectivity index (χ0v) is 12.9. The average Bonchev–Trinajstić information content (AvgIpc) is 2.86. The van der Waals surface area contributed by atoms with Gasteiger partial charge in [-0.25, -0.2) is 0 Å². The fourth-order valence-corrected chi connectivity index (χ4v) is 2.34. The highest BCUT2D eigenvalue weighted by Gasteiger charge is 2.31. The van der Waals surface area contributed by atoms with Crippen LogP contribution in [0.15, 0.2) is 71.8 Å². The molecule has 2 aromatic carbocycles. The number of carbonyl (C=O) groups excluding carboxylic acids is 2. The number of hydrogen-bond donors (Lipinski definition) is 1. The first-order valence-electron chi connectivity index (χ1n) is 7.34. The van der Waals surface area contributed by atoms with Crippen molar-refractivity contribution in [3.05, 3.63) is 82.9 Å². The number of ketones is 1. The molecule has 1 aliphatic rings. The van der Waals surface area contributed by atoms with Crippen LogP contribution < -0.4 is 10.4 Å². The van der Waals surface area contributed by atoms with E-state index in [0.717, 1.165) is 11.1 Å². The predicted octanol–water partition coefficient (Wildman–Crippen LogP) is 2.01. The SMILES string of the molecule is Cc1ccccc1/C=C1\OC(Nc2ccccc2)=C(C(=O)[O-])C1=O. The second kappa shape index (κ2) is 6.42. The molecule has 5 heteroatoms. The van der Waals surface area contributed by atoms with Gasteiger partial charge in [-0.05, 0) is 36.3 Å². The monoisotopic (exact) mass is 320 g/mol. The summed E-state index contributed by atoms with van der Waals surface area (Å²) in [5.74, 6) is -2.48. The van der Waals surface area contributed by atoms with E-state index < -0.39 is 17.3 Å². The van der Waals surface area contributed by atoms with E-state index in [2.05, 4.69) is 5.32 Å². The number of para-hydroxylation sites is 1. The summed E-state index contributed by atoms with van der Waals surface area (Å²) in [6, 6.07) is 16.3. The van der Waals surface area contributed by atoms with E-state index in [1.54, 1.807) is 24.3 Å². The summed E-state index contributed by atoms with van der Waals surface area (Å²) in [5.41, 5.74) is 1.82. The lowest BCUT2D eigenvalue weighted by atomic mass is 10.1. The van der Waals surface area contributed by atoms with Crippen molar-refractivity contribution in [1.29, 1.82) is 0 Å². The van der Waals surface area contributed by atoms with E-state index in [0.29, 0.717) is 5.69 Å². The van der Waals surface area contributed by atoms with Crippen molar-refractivity contribution in [2.24, 2.45) is 0 Å². The molecule has 0 bridgehead atoms. The van der Waals surface area contributed by atoms with E-state index in [-0.39, 0.29) is 11.6 Å². The van der Waals surface area contributed by atoms with Crippen LogP contribution in [0, 0.1) is 6.92 Å². The van der Waals surface area contributed by atoms with E-state index >= 15 is 0 Å². The highest BCUT2D eigenvalue weighted by atomic mass is 16.5. The molecule has 1 N–H and O–H groups in total. The number of ether oxygens (including phenoxy) is 1. The van der Waals surface area contributed by atoms with Gasteiger partial charge < -0.3 is 20.0 Å². The maximum Gasteiger partial charge on any atom is 0.235 e. The van der Waals surface area contributed by atoms with Crippen LogP contribution in [0.1, 0.15) is 11.1 Å². The molecular formula is C19H14NO4-. The fourth-order valence-electron chi connectivity index (χ4n) is 2.34. The van der Waals surface area contributed by atoms with Gasteiger partial charge >= 0.3 is 0 Å². The number of nitrogens with one attached hydrogen (secondary N) is 1. The van der Waals surface area contributed by atoms with Gasteiger partial charge in [0, 0.05) is 5.69 Å². The lowest BCUT2D eigenvalue weighted by molar-refractivity contribution is -0.298.